The Hall–Kier alpha value is -4.67. The van der Waals surface area contributed by atoms with E-state index >= 15 is 0 Å². The summed E-state index contributed by atoms with van der Waals surface area (Å²) in [5, 5.41) is 12.4. The summed E-state index contributed by atoms with van der Waals surface area (Å²) in [6, 6.07) is 16.3. The van der Waals surface area contributed by atoms with Gasteiger partial charge in [0.1, 0.15) is 11.3 Å². The number of carbonyl (C=O) groups excluding carboxylic acids is 2. The van der Waals surface area contributed by atoms with Gasteiger partial charge in [-0.05, 0) is 36.4 Å². The number of halogens is 3. The number of amides is 2. The van der Waals surface area contributed by atoms with Gasteiger partial charge >= 0.3 is 11.9 Å². The molecule has 0 atom stereocenters. The van der Waals surface area contributed by atoms with Crippen LogP contribution in [0, 0.1) is 10.1 Å². The minimum atomic E-state index is -4.77. The molecule has 2 amide bonds. The third-order valence-corrected chi connectivity index (χ3v) is 4.83. The predicted octanol–water partition coefficient (Wildman–Crippen LogP) is 4.87. The Balaban J connectivity index is 1.69. The Morgan fingerprint density at radius 2 is 1.62 bits per heavy atom. The van der Waals surface area contributed by atoms with Gasteiger partial charge in [0, 0.05) is 11.6 Å². The Kier molecular flexibility index (Phi) is 5.76. The molecule has 8 nitrogen and oxygen atoms in total. The van der Waals surface area contributed by atoms with Crippen LogP contribution in [0.4, 0.5) is 24.5 Å². The number of hydrogen-bond acceptors (Lipinski definition) is 5. The van der Waals surface area contributed by atoms with E-state index in [4.69, 9.17) is 4.74 Å². The lowest BCUT2D eigenvalue weighted by atomic mass is 10.1. The van der Waals surface area contributed by atoms with E-state index in [-0.39, 0.29) is 16.9 Å². The highest BCUT2D eigenvalue weighted by atomic mass is 19.4. The molecule has 1 heterocycles. The van der Waals surface area contributed by atoms with Crippen LogP contribution in [0.3, 0.4) is 0 Å². The van der Waals surface area contributed by atoms with E-state index in [1.165, 1.54) is 24.3 Å². The summed E-state index contributed by atoms with van der Waals surface area (Å²) in [4.78, 5) is 35.6. The van der Waals surface area contributed by atoms with Crippen molar-refractivity contribution in [2.75, 3.05) is 5.01 Å². The first-order chi connectivity index (χ1) is 16.1. The van der Waals surface area contributed by atoms with Crippen molar-refractivity contribution in [1.29, 1.82) is 0 Å². The van der Waals surface area contributed by atoms with Gasteiger partial charge in [0.15, 0.2) is 0 Å². The molecule has 3 aromatic rings. The van der Waals surface area contributed by atoms with Gasteiger partial charge in [0.2, 0.25) is 5.75 Å². The van der Waals surface area contributed by atoms with Crippen molar-refractivity contribution in [3.63, 3.8) is 0 Å². The summed E-state index contributed by atoms with van der Waals surface area (Å²) in [7, 11) is 0. The molecule has 0 spiro atoms. The minimum absolute atomic E-state index is 0.00313. The molecule has 0 unspecified atom stereocenters. The summed E-state index contributed by atoms with van der Waals surface area (Å²) >= 11 is 0. The third kappa shape index (κ3) is 4.44. The van der Waals surface area contributed by atoms with Crippen molar-refractivity contribution in [3.8, 4) is 11.5 Å². The fourth-order valence-electron chi connectivity index (χ4n) is 3.21. The van der Waals surface area contributed by atoms with Gasteiger partial charge in [-0.3, -0.25) is 25.1 Å². The molecule has 0 aliphatic carbocycles. The summed E-state index contributed by atoms with van der Waals surface area (Å²) in [5.41, 5.74) is 0.790. The lowest BCUT2D eigenvalue weighted by molar-refractivity contribution is -0.385. The maximum Gasteiger partial charge on any atom is 0.416 e. The number of hydrazine groups is 1. The largest absolute Gasteiger partial charge is 0.449 e. The monoisotopic (exact) mass is 469 g/mol. The predicted molar refractivity (Wildman–Crippen MR) is 115 cm³/mol. The zero-order valence-corrected chi connectivity index (χ0v) is 17.1. The second-order valence-electron chi connectivity index (χ2n) is 7.05. The van der Waals surface area contributed by atoms with Crippen LogP contribution in [-0.2, 0) is 15.8 Å². The van der Waals surface area contributed by atoms with Gasteiger partial charge in [0.05, 0.1) is 16.2 Å². The van der Waals surface area contributed by atoms with E-state index in [1.807, 2.05) is 0 Å². The van der Waals surface area contributed by atoms with Gasteiger partial charge in [-0.15, -0.1) is 0 Å². The van der Waals surface area contributed by atoms with Crippen molar-refractivity contribution in [2.45, 2.75) is 6.18 Å². The normalized spacial score (nSPS) is 14.9. The number of ether oxygens (including phenoxy) is 1. The highest BCUT2D eigenvalue weighted by Gasteiger charge is 2.35. The van der Waals surface area contributed by atoms with Crippen molar-refractivity contribution in [3.05, 3.63) is 99.6 Å². The highest BCUT2D eigenvalue weighted by Crippen LogP contribution is 2.39. The van der Waals surface area contributed by atoms with E-state index in [0.717, 1.165) is 11.1 Å². The summed E-state index contributed by atoms with van der Waals surface area (Å²) in [5.74, 6) is -1.75. The average Bonchev–Trinajstić information content (AvgIpc) is 3.08. The molecule has 0 radical (unpaired) electrons. The van der Waals surface area contributed by atoms with Crippen LogP contribution in [0.25, 0.3) is 6.08 Å². The van der Waals surface area contributed by atoms with E-state index in [0.29, 0.717) is 17.8 Å². The first-order valence-corrected chi connectivity index (χ1v) is 9.70. The Labute approximate surface area is 190 Å². The maximum atomic E-state index is 13.0. The molecule has 34 heavy (non-hydrogen) atoms. The number of nitro groups is 1. The second-order valence-corrected chi connectivity index (χ2v) is 7.05. The number of rotatable bonds is 5. The Morgan fingerprint density at radius 1 is 0.941 bits per heavy atom. The molecular formula is C23H14F3N3O5. The topological polar surface area (TPSA) is 102 Å². The van der Waals surface area contributed by atoms with Gasteiger partial charge in [-0.25, -0.2) is 5.01 Å². The first-order valence-electron chi connectivity index (χ1n) is 9.70. The smallest absolute Gasteiger partial charge is 0.416 e. The van der Waals surface area contributed by atoms with Crippen molar-refractivity contribution in [1.82, 2.24) is 5.43 Å². The molecule has 1 aliphatic heterocycles. The van der Waals surface area contributed by atoms with Crippen LogP contribution in [0.5, 0.6) is 11.5 Å². The minimum Gasteiger partial charge on any atom is -0.449 e. The molecule has 0 bridgehead atoms. The fourth-order valence-corrected chi connectivity index (χ4v) is 3.21. The van der Waals surface area contributed by atoms with Gasteiger partial charge in [-0.2, -0.15) is 13.2 Å². The maximum absolute atomic E-state index is 13.0. The average molecular weight is 469 g/mol. The third-order valence-electron chi connectivity index (χ3n) is 4.83. The molecule has 0 saturated carbocycles. The summed E-state index contributed by atoms with van der Waals surface area (Å²) < 4.78 is 44.4. The second kappa shape index (κ2) is 8.70. The summed E-state index contributed by atoms with van der Waals surface area (Å²) in [6.45, 7) is 0. The molecule has 1 fully saturated rings. The molecule has 4 rings (SSSR count). The SMILES string of the molecule is O=C1NN(c2ccccc2)C(=O)/C1=C\c1ccccc1Oc1ccc(C(F)(F)F)cc1[N+](=O)[O-]. The standard InChI is InChI=1S/C23H14F3N3O5/c24-23(25,26)15-10-11-20(18(13-15)29(32)33)34-19-9-5-4-6-14(19)12-17-21(30)27-28(22(17)31)16-7-2-1-3-8-16/h1-13H,(H,27,30)/b17-12-. The summed E-state index contributed by atoms with van der Waals surface area (Å²) in [6.07, 6.45) is -3.53. The first kappa shape index (κ1) is 22.5. The molecular weight excluding hydrogens is 455 g/mol. The van der Waals surface area contributed by atoms with Gasteiger partial charge in [-0.1, -0.05) is 36.4 Å². The Morgan fingerprint density at radius 3 is 2.29 bits per heavy atom. The number of anilines is 1. The number of hydrogen-bond donors (Lipinski definition) is 1. The molecule has 1 saturated heterocycles. The lowest BCUT2D eigenvalue weighted by Gasteiger charge is -2.14. The van der Waals surface area contributed by atoms with Crippen LogP contribution in [0.15, 0.2) is 78.4 Å². The number of para-hydroxylation sites is 2. The van der Waals surface area contributed by atoms with Gasteiger partial charge in [0.25, 0.3) is 11.8 Å². The van der Waals surface area contributed by atoms with Crippen LogP contribution >= 0.6 is 0 Å². The van der Waals surface area contributed by atoms with Crippen molar-refractivity contribution >= 4 is 29.3 Å². The van der Waals surface area contributed by atoms with Gasteiger partial charge < -0.3 is 4.74 Å². The molecule has 0 aromatic heterocycles. The molecule has 1 aliphatic rings. The van der Waals surface area contributed by atoms with Crippen LogP contribution in [0.2, 0.25) is 0 Å². The number of nitrogens with one attached hydrogen (secondary N) is 1. The Bertz CT molecular complexity index is 1320. The fraction of sp³-hybridized carbons (Fsp3) is 0.0435. The number of nitrogens with zero attached hydrogens (tertiary/aromatic N) is 2. The van der Waals surface area contributed by atoms with E-state index in [2.05, 4.69) is 5.43 Å². The number of benzene rings is 3. The number of alkyl halides is 3. The number of carbonyl (C=O) groups is 2. The van der Waals surface area contributed by atoms with E-state index < -0.39 is 39.9 Å². The highest BCUT2D eigenvalue weighted by molar-refractivity contribution is 6.31. The zero-order valence-electron chi connectivity index (χ0n) is 17.1. The molecule has 11 heteroatoms. The lowest BCUT2D eigenvalue weighted by Crippen LogP contribution is -2.35. The quantitative estimate of drug-likeness (QED) is 0.249. The van der Waals surface area contributed by atoms with E-state index in [9.17, 15) is 32.9 Å². The number of nitro benzene ring substituents is 1. The van der Waals surface area contributed by atoms with Crippen molar-refractivity contribution in [2.24, 2.45) is 0 Å². The van der Waals surface area contributed by atoms with Crippen molar-refractivity contribution < 1.29 is 32.4 Å². The zero-order chi connectivity index (χ0) is 24.5. The molecule has 1 N–H and O–H groups in total. The van der Waals surface area contributed by atoms with Crippen LogP contribution in [0.1, 0.15) is 11.1 Å². The van der Waals surface area contributed by atoms with Crippen LogP contribution < -0.4 is 15.2 Å². The molecule has 172 valence electrons. The van der Waals surface area contributed by atoms with E-state index in [1.54, 1.807) is 36.4 Å². The van der Waals surface area contributed by atoms with Crippen LogP contribution in [-0.4, -0.2) is 16.7 Å². The molecule has 3 aromatic carbocycles.